The fraction of sp³-hybridized carbons (Fsp3) is 0.733. The molecule has 5 nitrogen and oxygen atoms in total. The van der Waals surface area contributed by atoms with Crippen LogP contribution in [-0.2, 0) is 0 Å². The molecule has 0 bridgehead atoms. The highest BCUT2D eigenvalue weighted by Crippen LogP contribution is 2.27. The lowest BCUT2D eigenvalue weighted by Gasteiger charge is -2.21. The molecule has 1 amide bonds. The molecule has 21 heavy (non-hydrogen) atoms. The van der Waals surface area contributed by atoms with Gasteiger partial charge in [-0.15, -0.1) is 0 Å². The van der Waals surface area contributed by atoms with E-state index in [0.717, 1.165) is 43.9 Å². The third-order valence-corrected chi connectivity index (χ3v) is 4.10. The Morgan fingerprint density at radius 2 is 1.86 bits per heavy atom. The molecular weight excluding hydrogens is 284 g/mol. The second-order valence-corrected chi connectivity index (χ2v) is 6.53. The SMILES string of the molecule is CCCCN(CCCC)C(=O)c1sc(NC(C)C)nc1N. The van der Waals surface area contributed by atoms with E-state index in [0.29, 0.717) is 10.7 Å². The summed E-state index contributed by atoms with van der Waals surface area (Å²) in [4.78, 5) is 19.4. The molecule has 1 rings (SSSR count). The first-order chi connectivity index (χ1) is 9.99. The molecule has 0 spiro atoms. The van der Waals surface area contributed by atoms with Crippen LogP contribution in [0.3, 0.4) is 0 Å². The maximum atomic E-state index is 12.7. The number of nitrogens with zero attached hydrogens (tertiary/aromatic N) is 2. The van der Waals surface area contributed by atoms with E-state index in [1.165, 1.54) is 11.3 Å². The number of aromatic nitrogens is 1. The monoisotopic (exact) mass is 312 g/mol. The van der Waals surface area contributed by atoms with Crippen LogP contribution in [0.2, 0.25) is 0 Å². The van der Waals surface area contributed by atoms with Crippen molar-refractivity contribution < 1.29 is 4.79 Å². The highest BCUT2D eigenvalue weighted by atomic mass is 32.1. The first kappa shape index (κ1) is 17.8. The lowest BCUT2D eigenvalue weighted by molar-refractivity contribution is 0.0756. The molecule has 0 atom stereocenters. The fourth-order valence-electron chi connectivity index (χ4n) is 1.95. The van der Waals surface area contributed by atoms with E-state index < -0.39 is 0 Å². The zero-order valence-corrected chi connectivity index (χ0v) is 14.4. The van der Waals surface area contributed by atoms with Crippen molar-refractivity contribution in [3.63, 3.8) is 0 Å². The number of hydrogen-bond donors (Lipinski definition) is 2. The molecule has 0 aliphatic rings. The van der Waals surface area contributed by atoms with Crippen LogP contribution in [0.1, 0.15) is 63.0 Å². The molecule has 1 aromatic heterocycles. The predicted molar refractivity (Wildman–Crippen MR) is 91.0 cm³/mol. The molecule has 0 fully saturated rings. The molecule has 120 valence electrons. The Morgan fingerprint density at radius 3 is 2.33 bits per heavy atom. The molecule has 0 saturated heterocycles. The Labute approximate surface area is 131 Å². The smallest absolute Gasteiger partial charge is 0.267 e. The zero-order chi connectivity index (χ0) is 15.8. The quantitative estimate of drug-likeness (QED) is 0.731. The van der Waals surface area contributed by atoms with Gasteiger partial charge in [0.15, 0.2) is 5.13 Å². The standard InChI is InChI=1S/C15H28N4OS/c1-5-7-9-19(10-8-6-2)14(20)12-13(16)18-15(21-12)17-11(3)4/h11H,5-10,16H2,1-4H3,(H,17,18). The van der Waals surface area contributed by atoms with Gasteiger partial charge in [0.1, 0.15) is 10.7 Å². The number of carbonyl (C=O) groups is 1. The summed E-state index contributed by atoms with van der Waals surface area (Å²) < 4.78 is 0. The number of unbranched alkanes of at least 4 members (excludes halogenated alkanes) is 2. The van der Waals surface area contributed by atoms with E-state index in [9.17, 15) is 4.79 Å². The summed E-state index contributed by atoms with van der Waals surface area (Å²) in [5.41, 5.74) is 5.92. The summed E-state index contributed by atoms with van der Waals surface area (Å²) in [5, 5.41) is 3.92. The van der Waals surface area contributed by atoms with E-state index in [2.05, 4.69) is 24.1 Å². The van der Waals surface area contributed by atoms with E-state index in [4.69, 9.17) is 5.73 Å². The molecule has 3 N–H and O–H groups in total. The zero-order valence-electron chi connectivity index (χ0n) is 13.6. The molecule has 0 unspecified atom stereocenters. The number of carbonyl (C=O) groups excluding carboxylic acids is 1. The Bertz CT molecular complexity index is 437. The van der Waals surface area contributed by atoms with Crippen molar-refractivity contribution in [1.82, 2.24) is 9.88 Å². The fourth-order valence-corrected chi connectivity index (χ4v) is 2.95. The number of nitrogens with two attached hydrogens (primary N) is 1. The Kier molecular flexibility index (Phi) is 7.50. The van der Waals surface area contributed by atoms with Gasteiger partial charge in [0.2, 0.25) is 0 Å². The average Bonchev–Trinajstić information content (AvgIpc) is 2.78. The van der Waals surface area contributed by atoms with E-state index in [1.54, 1.807) is 0 Å². The molecule has 0 aliphatic carbocycles. The molecule has 1 heterocycles. The number of nitrogen functional groups attached to an aromatic ring is 1. The van der Waals surface area contributed by atoms with Crippen LogP contribution >= 0.6 is 11.3 Å². The number of hydrogen-bond acceptors (Lipinski definition) is 5. The molecule has 1 aromatic rings. The first-order valence-corrected chi connectivity index (χ1v) is 8.63. The average molecular weight is 312 g/mol. The van der Waals surface area contributed by atoms with Crippen molar-refractivity contribution in [3.05, 3.63) is 4.88 Å². The minimum Gasteiger partial charge on any atom is -0.382 e. The van der Waals surface area contributed by atoms with Crippen LogP contribution in [0.25, 0.3) is 0 Å². The van der Waals surface area contributed by atoms with E-state index in [-0.39, 0.29) is 11.9 Å². The normalized spacial score (nSPS) is 10.9. The maximum absolute atomic E-state index is 12.7. The predicted octanol–water partition coefficient (Wildman–Crippen LogP) is 3.59. The molecule has 0 aromatic carbocycles. The van der Waals surface area contributed by atoms with Gasteiger partial charge in [0, 0.05) is 19.1 Å². The van der Waals surface area contributed by atoms with Gasteiger partial charge in [0.05, 0.1) is 0 Å². The highest BCUT2D eigenvalue weighted by molar-refractivity contribution is 7.18. The van der Waals surface area contributed by atoms with Crippen LogP contribution < -0.4 is 11.1 Å². The number of nitrogens with one attached hydrogen (secondary N) is 1. The third kappa shape index (κ3) is 5.53. The van der Waals surface area contributed by atoms with Crippen molar-refractivity contribution in [3.8, 4) is 0 Å². The summed E-state index contributed by atoms with van der Waals surface area (Å²) in [6.07, 6.45) is 4.19. The van der Waals surface area contributed by atoms with Crippen molar-refractivity contribution in [1.29, 1.82) is 0 Å². The number of thiazole rings is 1. The van der Waals surface area contributed by atoms with Gasteiger partial charge in [-0.1, -0.05) is 38.0 Å². The minimum absolute atomic E-state index is 0.0173. The molecule has 0 saturated carbocycles. The minimum atomic E-state index is 0.0173. The summed E-state index contributed by atoms with van der Waals surface area (Å²) in [6.45, 7) is 9.92. The van der Waals surface area contributed by atoms with Crippen LogP contribution in [0.4, 0.5) is 10.9 Å². The Hall–Kier alpha value is -1.30. The van der Waals surface area contributed by atoms with Gasteiger partial charge in [-0.25, -0.2) is 4.98 Å². The van der Waals surface area contributed by atoms with Crippen LogP contribution in [-0.4, -0.2) is 34.9 Å². The molecule has 6 heteroatoms. The maximum Gasteiger partial charge on any atom is 0.267 e. The van der Waals surface area contributed by atoms with Crippen molar-refractivity contribution in [2.75, 3.05) is 24.1 Å². The van der Waals surface area contributed by atoms with Crippen molar-refractivity contribution >= 4 is 28.2 Å². The summed E-state index contributed by atoms with van der Waals surface area (Å²) in [7, 11) is 0. The Morgan fingerprint density at radius 1 is 1.29 bits per heavy atom. The van der Waals surface area contributed by atoms with Crippen LogP contribution in [0, 0.1) is 0 Å². The largest absolute Gasteiger partial charge is 0.382 e. The van der Waals surface area contributed by atoms with Gasteiger partial charge in [0.25, 0.3) is 5.91 Å². The first-order valence-electron chi connectivity index (χ1n) is 7.81. The number of amides is 1. The third-order valence-electron chi connectivity index (χ3n) is 3.11. The summed E-state index contributed by atoms with van der Waals surface area (Å²) in [6, 6.07) is 0.273. The van der Waals surface area contributed by atoms with Crippen molar-refractivity contribution in [2.24, 2.45) is 0 Å². The molecular formula is C15H28N4OS. The summed E-state index contributed by atoms with van der Waals surface area (Å²) >= 11 is 1.35. The van der Waals surface area contributed by atoms with Crippen LogP contribution in [0.15, 0.2) is 0 Å². The lowest BCUT2D eigenvalue weighted by Crippen LogP contribution is -2.32. The van der Waals surface area contributed by atoms with Gasteiger partial charge < -0.3 is 16.0 Å². The van der Waals surface area contributed by atoms with Gasteiger partial charge >= 0.3 is 0 Å². The summed E-state index contributed by atoms with van der Waals surface area (Å²) in [5.74, 6) is 0.356. The van der Waals surface area contributed by atoms with Crippen LogP contribution in [0.5, 0.6) is 0 Å². The van der Waals surface area contributed by atoms with Crippen molar-refractivity contribution in [2.45, 2.75) is 59.4 Å². The molecule has 0 aliphatic heterocycles. The lowest BCUT2D eigenvalue weighted by atomic mass is 10.2. The molecule has 0 radical (unpaired) electrons. The van der Waals surface area contributed by atoms with Gasteiger partial charge in [-0.3, -0.25) is 4.79 Å². The van der Waals surface area contributed by atoms with Gasteiger partial charge in [-0.2, -0.15) is 0 Å². The second kappa shape index (κ2) is 8.87. The topological polar surface area (TPSA) is 71.2 Å². The van der Waals surface area contributed by atoms with E-state index in [1.807, 2.05) is 18.7 Å². The highest BCUT2D eigenvalue weighted by Gasteiger charge is 2.21. The number of anilines is 2. The van der Waals surface area contributed by atoms with Gasteiger partial charge in [-0.05, 0) is 26.7 Å². The second-order valence-electron chi connectivity index (χ2n) is 5.53. The van der Waals surface area contributed by atoms with E-state index >= 15 is 0 Å². The Balaban J connectivity index is 2.83. The number of rotatable bonds is 9.